The number of aryl methyl sites for hydroxylation is 1. The first-order valence-corrected chi connectivity index (χ1v) is 11.0. The van der Waals surface area contributed by atoms with E-state index in [2.05, 4.69) is 28.6 Å². The van der Waals surface area contributed by atoms with Crippen molar-refractivity contribution in [1.29, 1.82) is 0 Å². The molecule has 2 aromatic carbocycles. The summed E-state index contributed by atoms with van der Waals surface area (Å²) in [6.45, 7) is 3.13. The number of carbonyl (C=O) groups is 1. The zero-order valence-corrected chi connectivity index (χ0v) is 17.7. The highest BCUT2D eigenvalue weighted by molar-refractivity contribution is 7.16. The Labute approximate surface area is 183 Å². The van der Waals surface area contributed by atoms with E-state index in [1.807, 2.05) is 70.0 Å². The van der Waals surface area contributed by atoms with Crippen LogP contribution in [0.2, 0.25) is 0 Å². The Balaban J connectivity index is 1.40. The van der Waals surface area contributed by atoms with Gasteiger partial charge in [-0.1, -0.05) is 18.2 Å². The Morgan fingerprint density at radius 3 is 2.71 bits per heavy atom. The Kier molecular flexibility index (Phi) is 4.04. The fraction of sp³-hybridized carbons (Fsp3) is 0.125. The van der Waals surface area contributed by atoms with Gasteiger partial charge in [0, 0.05) is 23.5 Å². The van der Waals surface area contributed by atoms with E-state index in [0.717, 1.165) is 38.5 Å². The van der Waals surface area contributed by atoms with Gasteiger partial charge in [-0.15, -0.1) is 11.3 Å². The van der Waals surface area contributed by atoms with Crippen LogP contribution in [0.3, 0.4) is 0 Å². The smallest absolute Gasteiger partial charge is 0.254 e. The molecule has 0 aliphatic carbocycles. The van der Waals surface area contributed by atoms with Gasteiger partial charge in [0.1, 0.15) is 5.82 Å². The number of aromatic nitrogens is 4. The van der Waals surface area contributed by atoms with Crippen LogP contribution in [0.15, 0.2) is 72.5 Å². The molecule has 31 heavy (non-hydrogen) atoms. The predicted octanol–water partition coefficient (Wildman–Crippen LogP) is 4.74. The zero-order chi connectivity index (χ0) is 20.9. The molecule has 0 saturated carbocycles. The van der Waals surface area contributed by atoms with Gasteiger partial charge in [0.2, 0.25) is 0 Å². The van der Waals surface area contributed by atoms with E-state index in [1.165, 1.54) is 0 Å². The number of para-hydroxylation sites is 1. The van der Waals surface area contributed by atoms with Gasteiger partial charge in [-0.2, -0.15) is 5.10 Å². The second-order valence-corrected chi connectivity index (χ2v) is 8.62. The summed E-state index contributed by atoms with van der Waals surface area (Å²) in [5.74, 6) is 1.01. The SMILES string of the molecule is Cc1ccccc1-n1nc2c(c1-n1cccc1)CN(C(=O)c1ccc3ncsc3c1)C2. The molecule has 0 fully saturated rings. The number of fused-ring (bicyclic) bond motifs is 2. The lowest BCUT2D eigenvalue weighted by Crippen LogP contribution is -2.26. The minimum Gasteiger partial charge on any atom is -0.328 e. The van der Waals surface area contributed by atoms with E-state index in [-0.39, 0.29) is 5.91 Å². The third kappa shape index (κ3) is 2.89. The van der Waals surface area contributed by atoms with Crippen LogP contribution in [0.1, 0.15) is 27.2 Å². The fourth-order valence-electron chi connectivity index (χ4n) is 4.23. The summed E-state index contributed by atoms with van der Waals surface area (Å²) in [5.41, 5.74) is 7.66. The Morgan fingerprint density at radius 2 is 1.87 bits per heavy atom. The Bertz CT molecular complexity index is 1430. The zero-order valence-electron chi connectivity index (χ0n) is 16.9. The van der Waals surface area contributed by atoms with Gasteiger partial charge in [0.25, 0.3) is 5.91 Å². The summed E-state index contributed by atoms with van der Waals surface area (Å²) in [4.78, 5) is 19.4. The molecule has 3 aromatic heterocycles. The molecule has 0 bridgehead atoms. The average molecular weight is 426 g/mol. The molecular formula is C24H19N5OS. The number of nitrogens with zero attached hydrogens (tertiary/aromatic N) is 5. The van der Waals surface area contributed by atoms with Crippen LogP contribution in [0.5, 0.6) is 0 Å². The van der Waals surface area contributed by atoms with Crippen LogP contribution >= 0.6 is 11.3 Å². The standard InChI is InChI=1S/C24H19N5OS/c1-16-6-2-3-7-21(16)29-23(27-10-4-5-11-27)18-13-28(14-20(18)26-29)24(30)17-8-9-19-22(12-17)31-15-25-19/h2-12,15H,13-14H2,1H3. The topological polar surface area (TPSA) is 56.0 Å². The number of rotatable bonds is 3. The van der Waals surface area contributed by atoms with Crippen molar-refractivity contribution in [1.82, 2.24) is 24.2 Å². The predicted molar refractivity (Wildman–Crippen MR) is 121 cm³/mol. The number of hydrogen-bond donors (Lipinski definition) is 0. The van der Waals surface area contributed by atoms with Crippen LogP contribution in [0.25, 0.3) is 21.7 Å². The first-order valence-electron chi connectivity index (χ1n) is 10.1. The maximum absolute atomic E-state index is 13.3. The van der Waals surface area contributed by atoms with Crippen molar-refractivity contribution in [2.24, 2.45) is 0 Å². The molecule has 0 saturated heterocycles. The lowest BCUT2D eigenvalue weighted by atomic mass is 10.2. The molecule has 152 valence electrons. The summed E-state index contributed by atoms with van der Waals surface area (Å²) in [6, 6.07) is 18.0. The molecule has 0 atom stereocenters. The molecule has 1 aliphatic heterocycles. The lowest BCUT2D eigenvalue weighted by molar-refractivity contribution is 0.0749. The van der Waals surface area contributed by atoms with Gasteiger partial charge in [0.15, 0.2) is 0 Å². The third-order valence-corrected chi connectivity index (χ3v) is 6.58. The quantitative estimate of drug-likeness (QED) is 0.420. The number of hydrogen-bond acceptors (Lipinski definition) is 4. The van der Waals surface area contributed by atoms with E-state index >= 15 is 0 Å². The van der Waals surface area contributed by atoms with E-state index in [1.54, 1.807) is 11.3 Å². The Hall–Kier alpha value is -3.71. The van der Waals surface area contributed by atoms with Crippen LogP contribution in [-0.2, 0) is 13.1 Å². The fourth-order valence-corrected chi connectivity index (χ4v) is 4.94. The van der Waals surface area contributed by atoms with E-state index < -0.39 is 0 Å². The molecule has 1 amide bonds. The highest BCUT2D eigenvalue weighted by atomic mass is 32.1. The second-order valence-electron chi connectivity index (χ2n) is 7.73. The van der Waals surface area contributed by atoms with E-state index in [9.17, 15) is 4.79 Å². The number of thiazole rings is 1. The largest absolute Gasteiger partial charge is 0.328 e. The molecule has 5 aromatic rings. The summed E-state index contributed by atoms with van der Waals surface area (Å²) < 4.78 is 5.11. The maximum atomic E-state index is 13.3. The first-order chi connectivity index (χ1) is 15.2. The monoisotopic (exact) mass is 425 g/mol. The van der Waals surface area contributed by atoms with Gasteiger partial charge in [0.05, 0.1) is 40.2 Å². The minimum atomic E-state index is 0.0224. The number of amides is 1. The van der Waals surface area contributed by atoms with Crippen molar-refractivity contribution < 1.29 is 4.79 Å². The average Bonchev–Trinajstić information content (AvgIpc) is 3.56. The molecule has 0 unspecified atom stereocenters. The summed E-state index contributed by atoms with van der Waals surface area (Å²) >= 11 is 1.55. The lowest BCUT2D eigenvalue weighted by Gasteiger charge is -2.18. The van der Waals surface area contributed by atoms with Gasteiger partial charge in [-0.25, -0.2) is 9.67 Å². The van der Waals surface area contributed by atoms with Gasteiger partial charge in [-0.3, -0.25) is 4.79 Å². The van der Waals surface area contributed by atoms with Gasteiger partial charge >= 0.3 is 0 Å². The number of benzene rings is 2. The van der Waals surface area contributed by atoms with Crippen molar-refractivity contribution >= 4 is 27.5 Å². The molecule has 6 rings (SSSR count). The van der Waals surface area contributed by atoms with E-state index in [4.69, 9.17) is 5.10 Å². The van der Waals surface area contributed by atoms with Gasteiger partial charge < -0.3 is 9.47 Å². The van der Waals surface area contributed by atoms with Crippen molar-refractivity contribution in [2.45, 2.75) is 20.0 Å². The highest BCUT2D eigenvalue weighted by Crippen LogP contribution is 2.32. The minimum absolute atomic E-state index is 0.0224. The van der Waals surface area contributed by atoms with Crippen LogP contribution < -0.4 is 0 Å². The van der Waals surface area contributed by atoms with Gasteiger partial charge in [-0.05, 0) is 48.9 Å². The molecule has 7 heteroatoms. The molecule has 0 spiro atoms. The molecular weight excluding hydrogens is 406 g/mol. The van der Waals surface area contributed by atoms with E-state index in [0.29, 0.717) is 18.7 Å². The molecule has 0 radical (unpaired) electrons. The second kappa shape index (κ2) is 6.92. The summed E-state index contributed by atoms with van der Waals surface area (Å²) in [5, 5.41) is 4.94. The van der Waals surface area contributed by atoms with Crippen molar-refractivity contribution in [3.8, 4) is 11.5 Å². The number of carbonyl (C=O) groups excluding carboxylic acids is 1. The summed E-state index contributed by atoms with van der Waals surface area (Å²) in [6.07, 6.45) is 4.04. The normalized spacial score (nSPS) is 13.1. The van der Waals surface area contributed by atoms with Crippen molar-refractivity contribution in [3.05, 3.63) is 94.9 Å². The molecule has 0 N–H and O–H groups in total. The first kappa shape index (κ1) is 18.1. The Morgan fingerprint density at radius 1 is 1.03 bits per heavy atom. The van der Waals surface area contributed by atoms with Crippen LogP contribution in [0.4, 0.5) is 0 Å². The highest BCUT2D eigenvalue weighted by Gasteiger charge is 2.32. The molecule has 1 aliphatic rings. The van der Waals surface area contributed by atoms with Crippen LogP contribution in [-0.4, -0.2) is 30.1 Å². The maximum Gasteiger partial charge on any atom is 0.254 e. The van der Waals surface area contributed by atoms with Crippen molar-refractivity contribution in [3.63, 3.8) is 0 Å². The third-order valence-electron chi connectivity index (χ3n) is 5.79. The molecule has 4 heterocycles. The summed E-state index contributed by atoms with van der Waals surface area (Å²) in [7, 11) is 0. The van der Waals surface area contributed by atoms with Crippen molar-refractivity contribution in [2.75, 3.05) is 0 Å². The molecule has 6 nitrogen and oxygen atoms in total. The van der Waals surface area contributed by atoms with Crippen LogP contribution in [0, 0.1) is 6.92 Å².